The van der Waals surface area contributed by atoms with E-state index < -0.39 is 24.3 Å². The van der Waals surface area contributed by atoms with E-state index in [1.54, 1.807) is 6.92 Å². The molecule has 27 heavy (non-hydrogen) atoms. The molecule has 0 radical (unpaired) electrons. The Bertz CT molecular complexity index is 992. The van der Waals surface area contributed by atoms with Crippen LogP contribution in [0.25, 0.3) is 11.3 Å². The largest absolute Gasteiger partial charge is 0.451 e. The summed E-state index contributed by atoms with van der Waals surface area (Å²) in [4.78, 5) is 29.0. The summed E-state index contributed by atoms with van der Waals surface area (Å²) in [6.07, 6.45) is 0. The lowest BCUT2D eigenvalue weighted by atomic mass is 10.1. The number of amides is 1. The molecule has 1 N–H and O–H groups in total. The number of hydrogen-bond donors (Lipinski definition) is 1. The summed E-state index contributed by atoms with van der Waals surface area (Å²) >= 11 is 6.85. The Morgan fingerprint density at radius 1 is 1.22 bits per heavy atom. The van der Waals surface area contributed by atoms with E-state index >= 15 is 0 Å². The van der Waals surface area contributed by atoms with Crippen molar-refractivity contribution in [3.05, 3.63) is 69.3 Å². The van der Waals surface area contributed by atoms with Crippen molar-refractivity contribution in [2.45, 2.75) is 6.92 Å². The fourth-order valence-corrected chi connectivity index (χ4v) is 3.32. The van der Waals surface area contributed by atoms with Gasteiger partial charge in [-0.15, -0.1) is 11.3 Å². The monoisotopic (exact) mass is 404 g/mol. The zero-order chi connectivity index (χ0) is 19.4. The van der Waals surface area contributed by atoms with Crippen molar-refractivity contribution in [1.29, 1.82) is 0 Å². The van der Waals surface area contributed by atoms with Gasteiger partial charge in [-0.1, -0.05) is 41.9 Å². The van der Waals surface area contributed by atoms with Crippen LogP contribution in [0.15, 0.2) is 48.5 Å². The Balaban J connectivity index is 1.67. The van der Waals surface area contributed by atoms with Crippen LogP contribution in [0.1, 0.15) is 14.7 Å². The SMILES string of the molecule is Cc1nc(-c2ccccc2)c(C(=O)OCC(=O)Nc2ccc(Cl)cc2F)s1. The predicted molar refractivity (Wildman–Crippen MR) is 103 cm³/mol. The topological polar surface area (TPSA) is 68.3 Å². The Kier molecular flexibility index (Phi) is 5.83. The van der Waals surface area contributed by atoms with Gasteiger partial charge >= 0.3 is 5.97 Å². The number of benzene rings is 2. The minimum atomic E-state index is -0.674. The van der Waals surface area contributed by atoms with Crippen molar-refractivity contribution < 1.29 is 18.7 Å². The second-order valence-electron chi connectivity index (χ2n) is 5.53. The van der Waals surface area contributed by atoms with Crippen molar-refractivity contribution in [2.75, 3.05) is 11.9 Å². The maximum absolute atomic E-state index is 13.7. The fourth-order valence-electron chi connectivity index (χ4n) is 2.33. The highest BCUT2D eigenvalue weighted by Crippen LogP contribution is 2.28. The Morgan fingerprint density at radius 2 is 1.96 bits per heavy atom. The van der Waals surface area contributed by atoms with Crippen molar-refractivity contribution in [2.24, 2.45) is 0 Å². The van der Waals surface area contributed by atoms with Gasteiger partial charge in [0, 0.05) is 10.6 Å². The highest BCUT2D eigenvalue weighted by Gasteiger charge is 2.20. The van der Waals surface area contributed by atoms with Gasteiger partial charge in [-0.3, -0.25) is 4.79 Å². The molecule has 3 rings (SSSR count). The summed E-state index contributed by atoms with van der Waals surface area (Å²) in [7, 11) is 0. The number of halogens is 2. The molecule has 0 spiro atoms. The van der Waals surface area contributed by atoms with Gasteiger partial charge in [-0.25, -0.2) is 14.2 Å². The van der Waals surface area contributed by atoms with Crippen molar-refractivity contribution in [3.63, 3.8) is 0 Å². The van der Waals surface area contributed by atoms with Gasteiger partial charge in [0.15, 0.2) is 6.61 Å². The van der Waals surface area contributed by atoms with Crippen LogP contribution < -0.4 is 5.32 Å². The number of carbonyl (C=O) groups excluding carboxylic acids is 2. The third kappa shape index (κ3) is 4.69. The predicted octanol–water partition coefficient (Wildman–Crippen LogP) is 4.71. The van der Waals surface area contributed by atoms with Crippen molar-refractivity contribution in [3.8, 4) is 11.3 Å². The van der Waals surface area contributed by atoms with E-state index in [0.29, 0.717) is 15.6 Å². The van der Waals surface area contributed by atoms with Gasteiger partial charge in [-0.05, 0) is 25.1 Å². The maximum Gasteiger partial charge on any atom is 0.351 e. The minimum Gasteiger partial charge on any atom is -0.451 e. The normalized spacial score (nSPS) is 10.5. The highest BCUT2D eigenvalue weighted by molar-refractivity contribution is 7.14. The summed E-state index contributed by atoms with van der Waals surface area (Å²) < 4.78 is 18.8. The lowest BCUT2D eigenvalue weighted by molar-refractivity contribution is -0.119. The second kappa shape index (κ2) is 8.28. The lowest BCUT2D eigenvalue weighted by Gasteiger charge is -2.08. The molecule has 0 fully saturated rings. The van der Waals surface area contributed by atoms with Crippen LogP contribution in [0.4, 0.5) is 10.1 Å². The van der Waals surface area contributed by atoms with E-state index in [1.807, 2.05) is 30.3 Å². The molecule has 0 bridgehead atoms. The number of ether oxygens (including phenoxy) is 1. The smallest absolute Gasteiger partial charge is 0.351 e. The van der Waals surface area contributed by atoms with Gasteiger partial charge in [-0.2, -0.15) is 0 Å². The van der Waals surface area contributed by atoms with Gasteiger partial charge < -0.3 is 10.1 Å². The highest BCUT2D eigenvalue weighted by atomic mass is 35.5. The molecule has 1 aromatic heterocycles. The standard InChI is InChI=1S/C19H14ClFN2O3S/c1-11-22-17(12-5-3-2-4-6-12)18(27-11)19(25)26-10-16(24)23-15-8-7-13(20)9-14(15)21/h2-9H,10H2,1H3,(H,23,24). The van der Waals surface area contributed by atoms with Crippen LogP contribution >= 0.6 is 22.9 Å². The van der Waals surface area contributed by atoms with Crippen molar-refractivity contribution in [1.82, 2.24) is 4.98 Å². The number of esters is 1. The number of nitrogens with zero attached hydrogens (tertiary/aromatic N) is 1. The number of carbonyl (C=O) groups is 2. The fraction of sp³-hybridized carbons (Fsp3) is 0.105. The van der Waals surface area contributed by atoms with Gasteiger partial charge in [0.05, 0.1) is 16.4 Å². The summed E-state index contributed by atoms with van der Waals surface area (Å²) in [6, 6.07) is 13.1. The summed E-state index contributed by atoms with van der Waals surface area (Å²) in [5, 5.41) is 3.25. The molecule has 0 aliphatic heterocycles. The van der Waals surface area contributed by atoms with Crippen LogP contribution in [0, 0.1) is 12.7 Å². The molecule has 0 unspecified atom stereocenters. The van der Waals surface area contributed by atoms with E-state index in [0.717, 1.165) is 11.6 Å². The first-order chi connectivity index (χ1) is 12.9. The number of aryl methyl sites for hydroxylation is 1. The van der Waals surface area contributed by atoms with Crippen LogP contribution in [-0.2, 0) is 9.53 Å². The number of anilines is 1. The van der Waals surface area contributed by atoms with Crippen LogP contribution in [0.3, 0.4) is 0 Å². The quantitative estimate of drug-likeness (QED) is 0.625. The number of rotatable bonds is 5. The summed E-state index contributed by atoms with van der Waals surface area (Å²) in [5.41, 5.74) is 1.24. The molecule has 5 nitrogen and oxygen atoms in total. The third-order valence-electron chi connectivity index (χ3n) is 3.51. The molecular formula is C19H14ClFN2O3S. The number of hydrogen-bond acceptors (Lipinski definition) is 5. The molecule has 1 amide bonds. The second-order valence-corrected chi connectivity index (χ2v) is 7.16. The van der Waals surface area contributed by atoms with Crippen LogP contribution in [0.2, 0.25) is 5.02 Å². The van der Waals surface area contributed by atoms with Gasteiger partial charge in [0.2, 0.25) is 0 Å². The number of aromatic nitrogens is 1. The molecule has 2 aromatic carbocycles. The zero-order valence-electron chi connectivity index (χ0n) is 14.2. The third-order valence-corrected chi connectivity index (χ3v) is 4.69. The molecule has 138 valence electrons. The van der Waals surface area contributed by atoms with E-state index in [2.05, 4.69) is 10.3 Å². The molecule has 0 saturated heterocycles. The first-order valence-corrected chi connectivity index (χ1v) is 9.08. The molecule has 0 saturated carbocycles. The van der Waals surface area contributed by atoms with Crippen LogP contribution in [-0.4, -0.2) is 23.5 Å². The molecule has 1 heterocycles. The maximum atomic E-state index is 13.7. The Hall–Kier alpha value is -2.77. The molecule has 0 aliphatic rings. The molecule has 0 atom stereocenters. The average Bonchev–Trinajstić information content (AvgIpc) is 3.05. The first kappa shape index (κ1) is 19.0. The zero-order valence-corrected chi connectivity index (χ0v) is 15.7. The Morgan fingerprint density at radius 3 is 2.67 bits per heavy atom. The first-order valence-electron chi connectivity index (χ1n) is 7.89. The molecular weight excluding hydrogens is 391 g/mol. The number of thiazole rings is 1. The lowest BCUT2D eigenvalue weighted by Crippen LogP contribution is -2.21. The van der Waals surface area contributed by atoms with Crippen LogP contribution in [0.5, 0.6) is 0 Å². The molecule has 3 aromatic rings. The Labute approximate surface area is 163 Å². The van der Waals surface area contributed by atoms with Gasteiger partial charge in [0.1, 0.15) is 10.7 Å². The van der Waals surface area contributed by atoms with Gasteiger partial charge in [0.25, 0.3) is 5.91 Å². The summed E-state index contributed by atoms with van der Waals surface area (Å²) in [5.74, 6) is -2.00. The van der Waals surface area contributed by atoms with Crippen molar-refractivity contribution >= 4 is 40.5 Å². The van der Waals surface area contributed by atoms with E-state index in [4.69, 9.17) is 16.3 Å². The summed E-state index contributed by atoms with van der Waals surface area (Å²) in [6.45, 7) is 1.23. The van der Waals surface area contributed by atoms with E-state index in [1.165, 1.54) is 23.5 Å². The number of nitrogens with one attached hydrogen (secondary N) is 1. The molecule has 8 heteroatoms. The van der Waals surface area contributed by atoms with E-state index in [9.17, 15) is 14.0 Å². The minimum absolute atomic E-state index is 0.0425. The van der Waals surface area contributed by atoms with E-state index in [-0.39, 0.29) is 10.7 Å². The average molecular weight is 405 g/mol. The molecule has 0 aliphatic carbocycles.